The van der Waals surface area contributed by atoms with E-state index in [0.717, 1.165) is 0 Å². The average Bonchev–Trinajstić information content (AvgIpc) is 1.98. The number of hydrogen-bond acceptors (Lipinski definition) is 1. The minimum absolute atomic E-state index is 0.110. The third-order valence-electron chi connectivity index (χ3n) is 1.19. The van der Waals surface area contributed by atoms with Crippen LogP contribution in [0.5, 0.6) is 0 Å². The molecule has 2 N–H and O–H groups in total. The zero-order valence-corrected chi connectivity index (χ0v) is 6.60. The summed E-state index contributed by atoms with van der Waals surface area (Å²) < 4.78 is 12.9. The Balaban J connectivity index is 3.00. The molecular weight excluding hydrogens is 185 g/mol. The predicted molar refractivity (Wildman–Crippen MR) is 43.1 cm³/mol. The molecule has 0 spiro atoms. The lowest BCUT2D eigenvalue weighted by atomic mass is 10.3. The normalized spacial score (nSPS) is 9.50. The summed E-state index contributed by atoms with van der Waals surface area (Å²) in [5.41, 5.74) is -0.144. The Labute approximate surface area is 72.8 Å². The quantitative estimate of drug-likeness (QED) is 0.713. The van der Waals surface area contributed by atoms with Crippen LogP contribution in [0.4, 0.5) is 14.9 Å². The molecule has 1 aromatic rings. The second kappa shape index (κ2) is 3.40. The zero-order valence-electron chi connectivity index (χ0n) is 5.84. The van der Waals surface area contributed by atoms with Gasteiger partial charge in [0.2, 0.25) is 0 Å². The number of amides is 1. The molecular formula is C7H5ClFNO2. The van der Waals surface area contributed by atoms with Gasteiger partial charge in [-0.25, -0.2) is 9.18 Å². The summed E-state index contributed by atoms with van der Waals surface area (Å²) in [6, 6.07) is 4.08. The Morgan fingerprint density at radius 3 is 2.83 bits per heavy atom. The average molecular weight is 190 g/mol. The van der Waals surface area contributed by atoms with Gasteiger partial charge in [-0.2, -0.15) is 0 Å². The van der Waals surface area contributed by atoms with Crippen LogP contribution in [0.25, 0.3) is 0 Å². The number of anilines is 1. The lowest BCUT2D eigenvalue weighted by Gasteiger charge is -2.02. The summed E-state index contributed by atoms with van der Waals surface area (Å²) in [7, 11) is 0. The van der Waals surface area contributed by atoms with E-state index in [2.05, 4.69) is 0 Å². The minimum Gasteiger partial charge on any atom is -0.465 e. The largest absolute Gasteiger partial charge is 0.465 e. The number of rotatable bonds is 1. The Morgan fingerprint density at radius 1 is 1.58 bits per heavy atom. The van der Waals surface area contributed by atoms with Gasteiger partial charge in [-0.1, -0.05) is 17.7 Å². The van der Waals surface area contributed by atoms with Crippen LogP contribution in [0.3, 0.4) is 0 Å². The molecule has 1 rings (SSSR count). The zero-order chi connectivity index (χ0) is 9.14. The van der Waals surface area contributed by atoms with Crippen LogP contribution in [0, 0.1) is 5.82 Å². The summed E-state index contributed by atoms with van der Waals surface area (Å²) in [5.74, 6) is -0.762. The highest BCUT2D eigenvalue weighted by molar-refractivity contribution is 6.31. The monoisotopic (exact) mass is 189 g/mol. The first kappa shape index (κ1) is 8.80. The van der Waals surface area contributed by atoms with Crippen molar-refractivity contribution in [2.75, 3.05) is 5.32 Å². The third-order valence-corrected chi connectivity index (χ3v) is 1.49. The molecule has 0 aliphatic rings. The van der Waals surface area contributed by atoms with Crippen LogP contribution in [0.2, 0.25) is 5.02 Å². The van der Waals surface area contributed by atoms with Gasteiger partial charge in [-0.05, 0) is 12.1 Å². The van der Waals surface area contributed by atoms with Crippen molar-refractivity contribution in [1.82, 2.24) is 0 Å². The summed E-state index contributed by atoms with van der Waals surface area (Å²) >= 11 is 5.39. The molecule has 0 atom stereocenters. The van der Waals surface area contributed by atoms with Gasteiger partial charge in [0.25, 0.3) is 0 Å². The molecule has 1 amide bonds. The molecule has 3 nitrogen and oxygen atoms in total. The van der Waals surface area contributed by atoms with E-state index in [1.54, 1.807) is 0 Å². The Bertz CT molecular complexity index is 316. The first-order chi connectivity index (χ1) is 5.61. The molecule has 0 heterocycles. The number of nitrogens with one attached hydrogen (secondary N) is 1. The Morgan fingerprint density at radius 2 is 2.25 bits per heavy atom. The van der Waals surface area contributed by atoms with E-state index in [0.29, 0.717) is 0 Å². The molecule has 0 fully saturated rings. The van der Waals surface area contributed by atoms with Crippen LogP contribution in [-0.2, 0) is 0 Å². The van der Waals surface area contributed by atoms with Crippen molar-refractivity contribution in [3.8, 4) is 0 Å². The van der Waals surface area contributed by atoms with Gasteiger partial charge < -0.3 is 5.11 Å². The maximum absolute atomic E-state index is 12.9. The molecule has 0 saturated carbocycles. The molecule has 0 unspecified atom stereocenters. The third kappa shape index (κ3) is 1.85. The molecule has 0 aromatic heterocycles. The van der Waals surface area contributed by atoms with E-state index in [4.69, 9.17) is 16.7 Å². The van der Waals surface area contributed by atoms with E-state index in [1.807, 2.05) is 5.32 Å². The molecule has 0 saturated heterocycles. The molecule has 0 aliphatic carbocycles. The van der Waals surface area contributed by atoms with Crippen LogP contribution >= 0.6 is 11.6 Å². The van der Waals surface area contributed by atoms with Crippen molar-refractivity contribution in [2.45, 2.75) is 0 Å². The van der Waals surface area contributed by atoms with Crippen molar-refractivity contribution in [3.63, 3.8) is 0 Å². The van der Waals surface area contributed by atoms with Crippen LogP contribution in [0.15, 0.2) is 18.2 Å². The molecule has 12 heavy (non-hydrogen) atoms. The van der Waals surface area contributed by atoms with Gasteiger partial charge in [-0.3, -0.25) is 5.32 Å². The molecule has 0 bridgehead atoms. The number of carbonyl (C=O) groups is 1. The van der Waals surface area contributed by atoms with Crippen molar-refractivity contribution >= 4 is 23.4 Å². The first-order valence-corrected chi connectivity index (χ1v) is 3.43. The predicted octanol–water partition coefficient (Wildman–Crippen LogP) is 2.57. The molecule has 0 aliphatic heterocycles. The lowest BCUT2D eigenvalue weighted by molar-refractivity contribution is 0.209. The van der Waals surface area contributed by atoms with Crippen LogP contribution in [0.1, 0.15) is 0 Å². The van der Waals surface area contributed by atoms with E-state index < -0.39 is 11.9 Å². The van der Waals surface area contributed by atoms with Gasteiger partial charge in [-0.15, -0.1) is 0 Å². The number of hydrogen-bond donors (Lipinski definition) is 2. The fourth-order valence-corrected chi connectivity index (χ4v) is 0.890. The van der Waals surface area contributed by atoms with Crippen LogP contribution < -0.4 is 5.32 Å². The van der Waals surface area contributed by atoms with Gasteiger partial charge in [0.15, 0.2) is 5.82 Å². The highest BCUT2D eigenvalue weighted by atomic mass is 35.5. The SMILES string of the molecule is O=C(O)Nc1cccc(Cl)c1F. The van der Waals surface area contributed by atoms with Gasteiger partial charge in [0, 0.05) is 0 Å². The Kier molecular flexibility index (Phi) is 2.50. The Hall–Kier alpha value is -1.29. The fourth-order valence-electron chi connectivity index (χ4n) is 0.716. The van der Waals surface area contributed by atoms with Crippen molar-refractivity contribution in [3.05, 3.63) is 29.0 Å². The van der Waals surface area contributed by atoms with E-state index in [9.17, 15) is 9.18 Å². The molecule has 5 heteroatoms. The van der Waals surface area contributed by atoms with Crippen LogP contribution in [-0.4, -0.2) is 11.2 Å². The van der Waals surface area contributed by atoms with Crippen molar-refractivity contribution in [1.29, 1.82) is 0 Å². The van der Waals surface area contributed by atoms with E-state index in [1.165, 1.54) is 18.2 Å². The highest BCUT2D eigenvalue weighted by Crippen LogP contribution is 2.21. The van der Waals surface area contributed by atoms with Gasteiger partial charge in [0.1, 0.15) is 0 Å². The standard InChI is InChI=1S/C7H5ClFNO2/c8-4-2-1-3-5(6(4)9)10-7(11)12/h1-3,10H,(H,11,12). The van der Waals surface area contributed by atoms with Gasteiger partial charge in [0.05, 0.1) is 10.7 Å². The smallest absolute Gasteiger partial charge is 0.409 e. The maximum atomic E-state index is 12.9. The summed E-state index contributed by atoms with van der Waals surface area (Å²) in [6.45, 7) is 0. The van der Waals surface area contributed by atoms with Crippen molar-refractivity contribution < 1.29 is 14.3 Å². The fraction of sp³-hybridized carbons (Fsp3) is 0. The molecule has 0 radical (unpaired) electrons. The highest BCUT2D eigenvalue weighted by Gasteiger charge is 2.07. The summed E-state index contributed by atoms with van der Waals surface area (Å²) in [4.78, 5) is 10.1. The maximum Gasteiger partial charge on any atom is 0.409 e. The first-order valence-electron chi connectivity index (χ1n) is 3.05. The van der Waals surface area contributed by atoms with E-state index in [-0.39, 0.29) is 10.7 Å². The number of carboxylic acid groups (broad SMARTS) is 1. The number of benzene rings is 1. The minimum atomic E-state index is -1.32. The second-order valence-corrected chi connectivity index (χ2v) is 2.44. The number of halogens is 2. The second-order valence-electron chi connectivity index (χ2n) is 2.03. The molecule has 1 aromatic carbocycles. The summed E-state index contributed by atoms with van der Waals surface area (Å²) in [6.07, 6.45) is -1.32. The lowest BCUT2D eigenvalue weighted by Crippen LogP contribution is -2.08. The topological polar surface area (TPSA) is 49.3 Å². The van der Waals surface area contributed by atoms with Gasteiger partial charge >= 0.3 is 6.09 Å². The molecule has 64 valence electrons. The van der Waals surface area contributed by atoms with E-state index >= 15 is 0 Å². The van der Waals surface area contributed by atoms with Crippen molar-refractivity contribution in [2.24, 2.45) is 0 Å². The summed E-state index contributed by atoms with van der Waals surface area (Å²) in [5, 5.41) is 10.0.